The van der Waals surface area contributed by atoms with Crippen molar-refractivity contribution in [3.05, 3.63) is 109 Å². The average Bonchev–Trinajstić information content (AvgIpc) is 3.29. The molecule has 8 nitrogen and oxygen atoms in total. The van der Waals surface area contributed by atoms with Gasteiger partial charge in [0.05, 0.1) is 40.3 Å². The molecule has 0 spiro atoms. The van der Waals surface area contributed by atoms with Crippen LogP contribution in [0, 0.1) is 0 Å². The van der Waals surface area contributed by atoms with E-state index in [9.17, 15) is 19.5 Å². The number of carboxylic acid groups (broad SMARTS) is 1. The van der Waals surface area contributed by atoms with Crippen molar-refractivity contribution in [2.45, 2.75) is 206 Å². The number of ether oxygens (including phenoxy) is 3. The number of hydrogen-bond acceptors (Lipinski definition) is 7. The van der Waals surface area contributed by atoms with Crippen molar-refractivity contribution in [3.63, 3.8) is 0 Å². The minimum atomic E-state index is -1.13. The summed E-state index contributed by atoms with van der Waals surface area (Å²) in [6.07, 6.45) is 66.9. The lowest BCUT2D eigenvalue weighted by Crippen LogP contribution is -2.55. The third-order valence-corrected chi connectivity index (χ3v) is 11.2. The van der Waals surface area contributed by atoms with Gasteiger partial charge >= 0.3 is 11.9 Å². The third kappa shape index (κ3) is 46.9. The maximum atomic E-state index is 12.8. The van der Waals surface area contributed by atoms with Crippen molar-refractivity contribution >= 4 is 17.9 Å². The summed E-state index contributed by atoms with van der Waals surface area (Å²) in [6.45, 7) is 4.40. The van der Waals surface area contributed by atoms with Gasteiger partial charge in [0.25, 0.3) is 0 Å². The van der Waals surface area contributed by atoms with Crippen molar-refractivity contribution in [2.24, 2.45) is 0 Å². The Morgan fingerprint density at radius 3 is 1.16 bits per heavy atom. The second kappa shape index (κ2) is 48.4. The molecule has 0 fully saturated rings. The fourth-order valence-corrected chi connectivity index (χ4v) is 7.15. The van der Waals surface area contributed by atoms with E-state index in [-0.39, 0.29) is 49.1 Å². The molecular formula is C59H97NO7. The van der Waals surface area contributed by atoms with Crippen LogP contribution >= 0.6 is 0 Å². The van der Waals surface area contributed by atoms with Crippen LogP contribution in [-0.2, 0) is 28.6 Å². The quantitative estimate of drug-likeness (QED) is 0.0259. The first-order chi connectivity index (χ1) is 32.6. The monoisotopic (exact) mass is 932 g/mol. The van der Waals surface area contributed by atoms with Crippen LogP contribution in [-0.4, -0.2) is 75.5 Å². The first kappa shape index (κ1) is 63.0. The molecule has 0 aromatic rings. The van der Waals surface area contributed by atoms with E-state index in [1.165, 1.54) is 44.9 Å². The summed E-state index contributed by atoms with van der Waals surface area (Å²) in [5, 5.41) is 11.7. The van der Waals surface area contributed by atoms with Crippen LogP contribution in [0.3, 0.4) is 0 Å². The lowest BCUT2D eigenvalue weighted by Gasteiger charge is -2.34. The molecule has 0 rings (SSSR count). The van der Waals surface area contributed by atoms with Gasteiger partial charge in [-0.1, -0.05) is 187 Å². The maximum absolute atomic E-state index is 12.8. The highest BCUT2D eigenvalue weighted by Crippen LogP contribution is 2.14. The number of carbonyl (C=O) groups excluding carboxylic acids is 3. The highest BCUT2D eigenvalue weighted by molar-refractivity contribution is 5.70. The van der Waals surface area contributed by atoms with Gasteiger partial charge in [0.15, 0.2) is 6.10 Å². The molecule has 0 aliphatic rings. The van der Waals surface area contributed by atoms with Crippen LogP contribution in [0.1, 0.15) is 194 Å². The molecule has 0 saturated heterocycles. The van der Waals surface area contributed by atoms with E-state index in [0.717, 1.165) is 116 Å². The van der Waals surface area contributed by atoms with Gasteiger partial charge in [-0.25, -0.2) is 0 Å². The number of hydrogen-bond donors (Lipinski definition) is 0. The zero-order valence-corrected chi connectivity index (χ0v) is 43.3. The smallest absolute Gasteiger partial charge is 0.306 e. The molecule has 2 atom stereocenters. The molecule has 0 aromatic carbocycles. The summed E-state index contributed by atoms with van der Waals surface area (Å²) in [5.74, 6) is -1.78. The molecule has 0 aromatic heterocycles. The lowest BCUT2D eigenvalue weighted by atomic mass is 10.1. The van der Waals surface area contributed by atoms with Gasteiger partial charge in [0, 0.05) is 19.3 Å². The Hall–Kier alpha value is -4.01. The van der Waals surface area contributed by atoms with Gasteiger partial charge in [-0.15, -0.1) is 0 Å². The fourth-order valence-electron chi connectivity index (χ4n) is 7.15. The number of allylic oxidation sites excluding steroid dienone is 18. The van der Waals surface area contributed by atoms with Crippen LogP contribution in [0.2, 0.25) is 0 Å². The Kier molecular flexibility index (Phi) is 45.5. The number of unbranched alkanes of at least 4 members (excludes halogenated alkanes) is 14. The number of carbonyl (C=O) groups is 3. The topological polar surface area (TPSA) is 102 Å². The van der Waals surface area contributed by atoms with Crippen molar-refractivity contribution in [1.29, 1.82) is 0 Å². The number of carboxylic acids is 1. The molecule has 380 valence electrons. The standard InChI is InChI=1S/C59H97NO7/c1-6-8-10-12-14-16-18-20-22-24-26-28-29-30-32-33-35-37-39-41-43-45-47-49-57(61)66-54-55(53-65-52-51-56(59(63)64)60(3,4)5)67-58(62)50-48-46-44-42-40-38-36-34-31-27-25-23-21-19-17-15-13-11-9-7-2/h8-11,14-17,20-23,26-28,31,36,38,55-56H,6-7,12-13,18-19,24-25,29-30,32-35,37,39-54H2,1-5H3/b10-8+,11-9+,16-14+,17-15+,22-20+,23-21+,28-26+,31-27+,38-36+. The van der Waals surface area contributed by atoms with Crippen molar-refractivity contribution in [2.75, 3.05) is 41.0 Å². The molecule has 0 N–H and O–H groups in total. The van der Waals surface area contributed by atoms with Crippen LogP contribution in [0.5, 0.6) is 0 Å². The largest absolute Gasteiger partial charge is 0.544 e. The van der Waals surface area contributed by atoms with E-state index in [1.54, 1.807) is 21.1 Å². The zero-order valence-electron chi connectivity index (χ0n) is 43.3. The highest BCUT2D eigenvalue weighted by Gasteiger charge is 2.25. The minimum Gasteiger partial charge on any atom is -0.544 e. The van der Waals surface area contributed by atoms with E-state index in [1.807, 2.05) is 0 Å². The molecule has 0 amide bonds. The molecule has 0 radical (unpaired) electrons. The second-order valence-electron chi connectivity index (χ2n) is 18.3. The van der Waals surface area contributed by atoms with Crippen LogP contribution < -0.4 is 5.11 Å². The molecule has 2 unspecified atom stereocenters. The van der Waals surface area contributed by atoms with E-state index in [4.69, 9.17) is 14.2 Å². The average molecular weight is 932 g/mol. The van der Waals surface area contributed by atoms with Crippen LogP contribution in [0.15, 0.2) is 109 Å². The van der Waals surface area contributed by atoms with Crippen LogP contribution in [0.25, 0.3) is 0 Å². The molecule has 0 saturated carbocycles. The Morgan fingerprint density at radius 1 is 0.448 bits per heavy atom. The summed E-state index contributed by atoms with van der Waals surface area (Å²) in [7, 11) is 5.40. The summed E-state index contributed by atoms with van der Waals surface area (Å²) in [5.41, 5.74) is 0. The predicted octanol–water partition coefficient (Wildman–Crippen LogP) is 14.3. The van der Waals surface area contributed by atoms with E-state index < -0.39 is 18.1 Å². The van der Waals surface area contributed by atoms with Gasteiger partial charge in [-0.05, 0) is 96.3 Å². The molecule has 0 heterocycles. The predicted molar refractivity (Wildman–Crippen MR) is 281 cm³/mol. The maximum Gasteiger partial charge on any atom is 0.306 e. The Morgan fingerprint density at radius 2 is 0.791 bits per heavy atom. The van der Waals surface area contributed by atoms with Gasteiger partial charge < -0.3 is 28.6 Å². The second-order valence-corrected chi connectivity index (χ2v) is 18.3. The molecule has 0 aliphatic heterocycles. The van der Waals surface area contributed by atoms with Crippen molar-refractivity contribution in [3.8, 4) is 0 Å². The molecule has 8 heteroatoms. The number of esters is 2. The summed E-state index contributed by atoms with van der Waals surface area (Å²) in [6, 6.07) is -0.739. The van der Waals surface area contributed by atoms with E-state index >= 15 is 0 Å². The van der Waals surface area contributed by atoms with Gasteiger partial charge in [0.1, 0.15) is 12.6 Å². The van der Waals surface area contributed by atoms with E-state index in [2.05, 4.69) is 123 Å². The minimum absolute atomic E-state index is 0.0223. The first-order valence-corrected chi connectivity index (χ1v) is 26.4. The Balaban J connectivity index is 4.30. The van der Waals surface area contributed by atoms with Crippen molar-refractivity contribution < 1.29 is 38.2 Å². The van der Waals surface area contributed by atoms with Gasteiger partial charge in [0.2, 0.25) is 0 Å². The van der Waals surface area contributed by atoms with Crippen LogP contribution in [0.4, 0.5) is 0 Å². The van der Waals surface area contributed by atoms with Gasteiger partial charge in [-0.3, -0.25) is 9.59 Å². The zero-order chi connectivity index (χ0) is 49.2. The van der Waals surface area contributed by atoms with E-state index in [0.29, 0.717) is 6.42 Å². The summed E-state index contributed by atoms with van der Waals surface area (Å²) in [4.78, 5) is 37.1. The number of nitrogens with zero attached hydrogens (tertiary/aromatic N) is 1. The Bertz CT molecular complexity index is 1460. The molecule has 0 aliphatic carbocycles. The first-order valence-electron chi connectivity index (χ1n) is 26.4. The molecule has 67 heavy (non-hydrogen) atoms. The summed E-state index contributed by atoms with van der Waals surface area (Å²) < 4.78 is 17.2. The molecule has 0 bridgehead atoms. The number of rotatable bonds is 46. The number of quaternary nitrogens is 1. The highest BCUT2D eigenvalue weighted by atomic mass is 16.6. The van der Waals surface area contributed by atoms with Crippen molar-refractivity contribution in [1.82, 2.24) is 0 Å². The molecular weight excluding hydrogens is 835 g/mol. The fraction of sp³-hybridized carbons (Fsp3) is 0.644. The third-order valence-electron chi connectivity index (χ3n) is 11.2. The lowest BCUT2D eigenvalue weighted by molar-refractivity contribution is -0.889. The normalized spacial score (nSPS) is 13.7. The SMILES string of the molecule is CC/C=C/C/C=C/C/C=C/C/C=C/C/C=C/CCCCCCC(=O)OC(COCCC(C(=O)[O-])[N+](C)(C)C)COC(=O)CCCCCCCCCCCC/C=C/C/C=C/C/C=C/C/C=C/CC. The summed E-state index contributed by atoms with van der Waals surface area (Å²) >= 11 is 0. The number of likely N-dealkylation sites (N-methyl/N-ethyl adjacent to an activating group) is 1. The van der Waals surface area contributed by atoms with Gasteiger partial charge in [-0.2, -0.15) is 0 Å². The number of aliphatic carboxylic acids is 1. The Labute approximate surface area is 410 Å².